The van der Waals surface area contributed by atoms with E-state index >= 15 is 0 Å². The predicted octanol–water partition coefficient (Wildman–Crippen LogP) is 1.25. The molecule has 0 aliphatic heterocycles. The number of pyridine rings is 1. The molecule has 82 valence electrons. The van der Waals surface area contributed by atoms with Crippen molar-refractivity contribution < 1.29 is 14.4 Å². The van der Waals surface area contributed by atoms with E-state index in [1.807, 2.05) is 0 Å². The van der Waals surface area contributed by atoms with Crippen molar-refractivity contribution in [3.05, 3.63) is 24.5 Å². The Balaban J connectivity index is 2.30. The number of aromatic nitrogens is 3. The molecule has 1 amide bonds. The molecular formula is C9H8N4O3. The molecule has 0 radical (unpaired) electrons. The maximum absolute atomic E-state index is 10.6. The summed E-state index contributed by atoms with van der Waals surface area (Å²) in [7, 11) is 1.33. The summed E-state index contributed by atoms with van der Waals surface area (Å²) < 4.78 is 4.81. The van der Waals surface area contributed by atoms with Crippen LogP contribution >= 0.6 is 0 Å². The normalized spacial score (nSPS) is 10.1. The van der Waals surface area contributed by atoms with Crippen LogP contribution in [0.4, 0.5) is 10.8 Å². The molecule has 0 aromatic carbocycles. The van der Waals surface area contributed by atoms with E-state index in [9.17, 15) is 4.79 Å². The summed E-state index contributed by atoms with van der Waals surface area (Å²) in [5.41, 5.74) is 0.712. The Morgan fingerprint density at radius 2 is 2.12 bits per heavy atom. The average molecular weight is 220 g/mol. The van der Waals surface area contributed by atoms with Crippen LogP contribution in [0.3, 0.4) is 0 Å². The van der Waals surface area contributed by atoms with Gasteiger partial charge in [0.2, 0.25) is 5.82 Å². The number of hydrogen-bond acceptors (Lipinski definition) is 5. The Morgan fingerprint density at radius 3 is 2.75 bits per heavy atom. The molecule has 0 unspecified atom stereocenters. The van der Waals surface area contributed by atoms with E-state index in [4.69, 9.17) is 9.63 Å². The van der Waals surface area contributed by atoms with Crippen molar-refractivity contribution >= 4 is 12.1 Å². The van der Waals surface area contributed by atoms with Crippen molar-refractivity contribution in [3.63, 3.8) is 0 Å². The molecule has 2 heterocycles. The maximum atomic E-state index is 10.6. The fourth-order valence-corrected chi connectivity index (χ4v) is 1.05. The highest BCUT2D eigenvalue weighted by atomic mass is 16.5. The number of hydrogen-bond donors (Lipinski definition) is 1. The predicted molar refractivity (Wildman–Crippen MR) is 54.0 cm³/mol. The third-order valence-corrected chi connectivity index (χ3v) is 1.93. The molecule has 7 nitrogen and oxygen atoms in total. The van der Waals surface area contributed by atoms with Crippen molar-refractivity contribution in [2.75, 3.05) is 11.9 Å². The molecular weight excluding hydrogens is 212 g/mol. The number of nitrogens with zero attached hydrogens (tertiary/aromatic N) is 4. The largest absolute Gasteiger partial charge is 0.465 e. The molecule has 2 aromatic rings. The van der Waals surface area contributed by atoms with Crippen molar-refractivity contribution in [1.29, 1.82) is 0 Å². The van der Waals surface area contributed by atoms with Crippen LogP contribution in [0, 0.1) is 0 Å². The highest BCUT2D eigenvalue weighted by molar-refractivity contribution is 5.82. The maximum Gasteiger partial charge on any atom is 0.415 e. The first-order valence-corrected chi connectivity index (χ1v) is 4.39. The van der Waals surface area contributed by atoms with Crippen LogP contribution in [0.1, 0.15) is 0 Å². The van der Waals surface area contributed by atoms with Crippen LogP contribution < -0.4 is 4.90 Å². The molecule has 0 aliphatic rings. The van der Waals surface area contributed by atoms with Gasteiger partial charge in [-0.2, -0.15) is 4.98 Å². The molecule has 7 heteroatoms. The van der Waals surface area contributed by atoms with Crippen LogP contribution in [-0.2, 0) is 0 Å². The molecule has 1 N–H and O–H groups in total. The lowest BCUT2D eigenvalue weighted by molar-refractivity contribution is 0.201. The molecule has 0 aliphatic carbocycles. The standard InChI is InChI=1S/C9H8N4O3/c1-13(9(14)15)8-11-7(12-16-8)6-2-4-10-5-3-6/h2-5H,1H3,(H,14,15). The van der Waals surface area contributed by atoms with Crippen molar-refractivity contribution in [2.45, 2.75) is 0 Å². The third-order valence-electron chi connectivity index (χ3n) is 1.93. The Hall–Kier alpha value is -2.44. The van der Waals surface area contributed by atoms with E-state index in [0.717, 1.165) is 4.90 Å². The second-order valence-corrected chi connectivity index (χ2v) is 2.98. The monoisotopic (exact) mass is 220 g/mol. The Morgan fingerprint density at radius 1 is 1.44 bits per heavy atom. The average Bonchev–Trinajstić information content (AvgIpc) is 2.78. The van der Waals surface area contributed by atoms with Gasteiger partial charge < -0.3 is 9.63 Å². The van der Waals surface area contributed by atoms with Crippen LogP contribution in [0.15, 0.2) is 29.0 Å². The van der Waals surface area contributed by atoms with Gasteiger partial charge >= 0.3 is 12.1 Å². The van der Waals surface area contributed by atoms with Gasteiger partial charge in [0.25, 0.3) is 0 Å². The van der Waals surface area contributed by atoms with Crippen molar-refractivity contribution in [3.8, 4) is 11.4 Å². The smallest absolute Gasteiger partial charge is 0.415 e. The SMILES string of the molecule is CN(C(=O)O)c1nc(-c2ccncc2)no1. The van der Waals surface area contributed by atoms with Gasteiger partial charge in [0.15, 0.2) is 0 Å². The van der Waals surface area contributed by atoms with Gasteiger partial charge in [-0.1, -0.05) is 5.16 Å². The minimum Gasteiger partial charge on any atom is -0.465 e. The van der Waals surface area contributed by atoms with Gasteiger partial charge in [-0.15, -0.1) is 0 Å². The fraction of sp³-hybridized carbons (Fsp3) is 0.111. The third kappa shape index (κ3) is 1.83. The topological polar surface area (TPSA) is 92.4 Å². The van der Waals surface area contributed by atoms with E-state index in [-0.39, 0.29) is 6.01 Å². The van der Waals surface area contributed by atoms with Crippen molar-refractivity contribution in [2.24, 2.45) is 0 Å². The molecule has 0 atom stereocenters. The van der Waals surface area contributed by atoms with Gasteiger partial charge in [-0.25, -0.2) is 9.69 Å². The van der Waals surface area contributed by atoms with Crippen LogP contribution in [-0.4, -0.2) is 33.4 Å². The Labute approximate surface area is 90.3 Å². The molecule has 0 spiro atoms. The van der Waals surface area contributed by atoms with E-state index < -0.39 is 6.09 Å². The summed E-state index contributed by atoms with van der Waals surface area (Å²) in [5.74, 6) is 0.325. The first-order chi connectivity index (χ1) is 7.68. The highest BCUT2D eigenvalue weighted by Gasteiger charge is 2.16. The Bertz CT molecular complexity index is 496. The molecule has 0 saturated carbocycles. The zero-order valence-electron chi connectivity index (χ0n) is 8.36. The second-order valence-electron chi connectivity index (χ2n) is 2.98. The lowest BCUT2D eigenvalue weighted by Crippen LogP contribution is -2.23. The molecule has 2 rings (SSSR count). The van der Waals surface area contributed by atoms with E-state index in [0.29, 0.717) is 11.4 Å². The Kier molecular flexibility index (Phi) is 2.50. The summed E-state index contributed by atoms with van der Waals surface area (Å²) in [6, 6.07) is 3.34. The molecule has 2 aromatic heterocycles. The first-order valence-electron chi connectivity index (χ1n) is 4.39. The highest BCUT2D eigenvalue weighted by Crippen LogP contribution is 2.18. The lowest BCUT2D eigenvalue weighted by atomic mass is 10.3. The van der Waals surface area contributed by atoms with Gasteiger partial charge in [0.05, 0.1) is 0 Å². The summed E-state index contributed by atoms with van der Waals surface area (Å²) in [6.45, 7) is 0. The first kappa shape index (κ1) is 10.1. The second kappa shape index (κ2) is 3.97. The van der Waals surface area contributed by atoms with Gasteiger partial charge in [-0.3, -0.25) is 4.98 Å². The zero-order valence-corrected chi connectivity index (χ0v) is 8.36. The van der Waals surface area contributed by atoms with Gasteiger partial charge in [-0.05, 0) is 12.1 Å². The molecule has 0 fully saturated rings. The minimum atomic E-state index is -1.16. The lowest BCUT2D eigenvalue weighted by Gasteiger charge is -2.04. The van der Waals surface area contributed by atoms with Crippen molar-refractivity contribution in [1.82, 2.24) is 15.1 Å². The number of carboxylic acid groups (broad SMARTS) is 1. The van der Waals surface area contributed by atoms with E-state index in [2.05, 4.69) is 15.1 Å². The number of anilines is 1. The molecule has 16 heavy (non-hydrogen) atoms. The molecule has 0 saturated heterocycles. The van der Waals surface area contributed by atoms with E-state index in [1.54, 1.807) is 24.5 Å². The van der Waals surface area contributed by atoms with Crippen LogP contribution in [0.2, 0.25) is 0 Å². The summed E-state index contributed by atoms with van der Waals surface area (Å²) >= 11 is 0. The van der Waals surface area contributed by atoms with E-state index in [1.165, 1.54) is 7.05 Å². The fourth-order valence-electron chi connectivity index (χ4n) is 1.05. The molecule has 0 bridgehead atoms. The summed E-state index contributed by atoms with van der Waals surface area (Å²) in [5, 5.41) is 12.4. The quantitative estimate of drug-likeness (QED) is 0.818. The number of amides is 1. The zero-order chi connectivity index (χ0) is 11.5. The number of carbonyl (C=O) groups is 1. The number of rotatable bonds is 2. The minimum absolute atomic E-state index is 0.0701. The summed E-state index contributed by atoms with van der Waals surface area (Å²) in [6.07, 6.45) is 2.02. The van der Waals surface area contributed by atoms with Gasteiger partial charge in [0, 0.05) is 25.0 Å². The van der Waals surface area contributed by atoms with Gasteiger partial charge in [0.1, 0.15) is 0 Å². The summed E-state index contributed by atoms with van der Waals surface area (Å²) in [4.78, 5) is 19.3. The van der Waals surface area contributed by atoms with Crippen LogP contribution in [0.5, 0.6) is 0 Å². The van der Waals surface area contributed by atoms with Crippen LogP contribution in [0.25, 0.3) is 11.4 Å².